The summed E-state index contributed by atoms with van der Waals surface area (Å²) < 4.78 is 28.8. The van der Waals surface area contributed by atoms with E-state index in [9.17, 15) is 13.9 Å². The monoisotopic (exact) mass is 561 g/mol. The number of aromatic nitrogens is 1. The number of rotatable bonds is 9. The highest BCUT2D eigenvalue weighted by Crippen LogP contribution is 2.19. The molecule has 1 aromatic carbocycles. The Bertz CT molecular complexity index is 831. The number of hydrogen-bond donors (Lipinski definition) is 3. The molecule has 1 unspecified atom stereocenters. The molecule has 2 heterocycles. The number of aliphatic hydroxyl groups is 1. The van der Waals surface area contributed by atoms with Crippen molar-refractivity contribution in [3.05, 3.63) is 53.7 Å². The number of anilines is 1. The van der Waals surface area contributed by atoms with Crippen LogP contribution in [0.15, 0.2) is 47.6 Å². The van der Waals surface area contributed by atoms with Crippen molar-refractivity contribution in [1.82, 2.24) is 15.6 Å². The van der Waals surface area contributed by atoms with E-state index in [-0.39, 0.29) is 36.3 Å². The summed E-state index contributed by atoms with van der Waals surface area (Å²) in [4.78, 5) is 11.4. The maximum Gasteiger partial charge on any atom is 0.387 e. The Labute approximate surface area is 204 Å². The van der Waals surface area contributed by atoms with Crippen LogP contribution in [0, 0.1) is 0 Å². The van der Waals surface area contributed by atoms with Gasteiger partial charge in [-0.2, -0.15) is 8.78 Å². The van der Waals surface area contributed by atoms with Crippen molar-refractivity contribution in [3.63, 3.8) is 0 Å². The number of hydrogen-bond acceptors (Lipinski definition) is 5. The maximum atomic E-state index is 12.2. The molecule has 10 heteroatoms. The predicted molar refractivity (Wildman–Crippen MR) is 132 cm³/mol. The number of pyridine rings is 1. The second kappa shape index (κ2) is 13.4. The lowest BCUT2D eigenvalue weighted by atomic mass is 10.1. The molecule has 1 fully saturated rings. The predicted octanol–water partition coefficient (Wildman–Crippen LogP) is 3.69. The second-order valence-corrected chi connectivity index (χ2v) is 7.26. The van der Waals surface area contributed by atoms with Gasteiger partial charge in [-0.3, -0.25) is 0 Å². The van der Waals surface area contributed by atoms with E-state index < -0.39 is 12.7 Å². The Balaban J connectivity index is 0.00000363. The molecule has 176 valence electrons. The van der Waals surface area contributed by atoms with Gasteiger partial charge in [-0.05, 0) is 49.1 Å². The van der Waals surface area contributed by atoms with Gasteiger partial charge >= 0.3 is 6.61 Å². The van der Waals surface area contributed by atoms with E-state index in [0.717, 1.165) is 24.5 Å². The van der Waals surface area contributed by atoms with Crippen LogP contribution in [0.4, 0.5) is 14.6 Å². The van der Waals surface area contributed by atoms with E-state index in [1.54, 1.807) is 12.1 Å². The lowest BCUT2D eigenvalue weighted by Crippen LogP contribution is -2.39. The molecule has 7 nitrogen and oxygen atoms in total. The highest BCUT2D eigenvalue weighted by Gasteiger charge is 2.13. The summed E-state index contributed by atoms with van der Waals surface area (Å²) in [6, 6.07) is 9.99. The van der Waals surface area contributed by atoms with Gasteiger partial charge in [0.25, 0.3) is 0 Å². The van der Waals surface area contributed by atoms with Gasteiger partial charge in [-0.1, -0.05) is 18.2 Å². The van der Waals surface area contributed by atoms with Crippen LogP contribution in [0.25, 0.3) is 0 Å². The average molecular weight is 561 g/mol. The summed E-state index contributed by atoms with van der Waals surface area (Å²) in [6.45, 7) is 2.55. The fourth-order valence-electron chi connectivity index (χ4n) is 3.34. The van der Waals surface area contributed by atoms with Crippen molar-refractivity contribution >= 4 is 35.8 Å². The number of nitrogens with one attached hydrogen (secondary N) is 2. The number of benzene rings is 1. The van der Waals surface area contributed by atoms with Gasteiger partial charge in [0, 0.05) is 32.4 Å². The molecule has 1 saturated heterocycles. The van der Waals surface area contributed by atoms with Crippen LogP contribution in [0.3, 0.4) is 0 Å². The number of aliphatic imine (C=N–C) groups is 1. The second-order valence-electron chi connectivity index (χ2n) is 7.26. The van der Waals surface area contributed by atoms with Crippen LogP contribution in [-0.2, 0) is 6.54 Å². The lowest BCUT2D eigenvalue weighted by Gasteiger charge is -2.17. The molecule has 0 bridgehead atoms. The van der Waals surface area contributed by atoms with E-state index in [4.69, 9.17) is 0 Å². The van der Waals surface area contributed by atoms with Gasteiger partial charge in [0.15, 0.2) is 5.96 Å². The zero-order valence-electron chi connectivity index (χ0n) is 18.0. The van der Waals surface area contributed by atoms with E-state index in [1.165, 1.54) is 25.0 Å². The van der Waals surface area contributed by atoms with Crippen molar-refractivity contribution in [2.24, 2.45) is 4.99 Å². The fraction of sp³-hybridized carbons (Fsp3) is 0.455. The molecule has 0 amide bonds. The van der Waals surface area contributed by atoms with Crippen LogP contribution < -0.4 is 20.3 Å². The number of nitrogens with zero attached hydrogens (tertiary/aromatic N) is 3. The van der Waals surface area contributed by atoms with Gasteiger partial charge in [-0.25, -0.2) is 9.98 Å². The highest BCUT2D eigenvalue weighted by molar-refractivity contribution is 14.0. The Morgan fingerprint density at radius 1 is 1.16 bits per heavy atom. The van der Waals surface area contributed by atoms with Crippen LogP contribution in [0.2, 0.25) is 0 Å². The largest absolute Gasteiger partial charge is 0.435 e. The van der Waals surface area contributed by atoms with E-state index in [1.807, 2.05) is 25.3 Å². The number of halogens is 3. The summed E-state index contributed by atoms with van der Waals surface area (Å²) in [6.07, 6.45) is 3.44. The molecule has 1 aliphatic rings. The Kier molecular flexibility index (Phi) is 10.9. The summed E-state index contributed by atoms with van der Waals surface area (Å²) in [5.74, 6) is 1.63. The van der Waals surface area contributed by atoms with Crippen molar-refractivity contribution in [2.75, 3.05) is 31.1 Å². The average Bonchev–Trinajstić information content (AvgIpc) is 3.31. The molecule has 3 rings (SSSR count). The molecule has 0 spiro atoms. The molecule has 0 saturated carbocycles. The first-order chi connectivity index (χ1) is 15.0. The molecule has 2 aromatic rings. The van der Waals surface area contributed by atoms with Crippen LogP contribution in [0.5, 0.6) is 5.75 Å². The van der Waals surface area contributed by atoms with Crippen molar-refractivity contribution < 1.29 is 18.6 Å². The first kappa shape index (κ1) is 26.0. The molecule has 1 aromatic heterocycles. The minimum atomic E-state index is -2.87. The molecule has 1 aliphatic heterocycles. The van der Waals surface area contributed by atoms with E-state index in [0.29, 0.717) is 24.6 Å². The summed E-state index contributed by atoms with van der Waals surface area (Å²) in [7, 11) is 0. The smallest absolute Gasteiger partial charge is 0.387 e. The number of aliphatic hydroxyl groups excluding tert-OH is 1. The minimum absolute atomic E-state index is 0. The third kappa shape index (κ3) is 8.05. The number of guanidine groups is 1. The first-order valence-electron chi connectivity index (χ1n) is 10.5. The first-order valence-corrected chi connectivity index (χ1v) is 10.5. The zero-order chi connectivity index (χ0) is 22.1. The number of alkyl halides is 2. The van der Waals surface area contributed by atoms with Gasteiger partial charge in [0.2, 0.25) is 0 Å². The third-order valence-corrected chi connectivity index (χ3v) is 4.96. The molecule has 3 N–H and O–H groups in total. The Hall–Kier alpha value is -2.21. The van der Waals surface area contributed by atoms with E-state index in [2.05, 4.69) is 30.2 Å². The van der Waals surface area contributed by atoms with Gasteiger partial charge < -0.3 is 25.4 Å². The summed E-state index contributed by atoms with van der Waals surface area (Å²) in [5.41, 5.74) is 1.59. The van der Waals surface area contributed by atoms with Gasteiger partial charge in [0.05, 0.1) is 12.6 Å². The molecular weight excluding hydrogens is 531 g/mol. The Morgan fingerprint density at radius 2 is 1.88 bits per heavy atom. The van der Waals surface area contributed by atoms with Gasteiger partial charge in [0.1, 0.15) is 11.6 Å². The molecule has 0 aliphatic carbocycles. The van der Waals surface area contributed by atoms with Crippen molar-refractivity contribution in [1.29, 1.82) is 0 Å². The summed E-state index contributed by atoms with van der Waals surface area (Å²) in [5, 5.41) is 16.6. The van der Waals surface area contributed by atoms with Crippen LogP contribution >= 0.6 is 24.0 Å². The number of ether oxygens (including phenoxy) is 1. The van der Waals surface area contributed by atoms with Crippen LogP contribution in [0.1, 0.15) is 37.0 Å². The Morgan fingerprint density at radius 3 is 2.47 bits per heavy atom. The molecule has 0 radical (unpaired) electrons. The standard InChI is InChI=1S/C22H29F2N5O2.HI/c1-2-25-22(27-14-16-5-10-20(26-13-16)29-11-3-4-12-29)28-15-19(30)17-6-8-18(9-7-17)31-21(23)24;/h5-10,13,19,21,30H,2-4,11-12,14-15H2,1H3,(H2,25,27,28);1H. The maximum absolute atomic E-state index is 12.2. The van der Waals surface area contributed by atoms with Crippen molar-refractivity contribution in [3.8, 4) is 5.75 Å². The fourth-order valence-corrected chi connectivity index (χ4v) is 3.34. The minimum Gasteiger partial charge on any atom is -0.435 e. The quantitative estimate of drug-likeness (QED) is 0.246. The normalized spacial score (nSPS) is 14.8. The lowest BCUT2D eigenvalue weighted by molar-refractivity contribution is -0.0498. The van der Waals surface area contributed by atoms with Gasteiger partial charge in [-0.15, -0.1) is 24.0 Å². The summed E-state index contributed by atoms with van der Waals surface area (Å²) >= 11 is 0. The molecular formula is C22H30F2IN5O2. The highest BCUT2D eigenvalue weighted by atomic mass is 127. The van der Waals surface area contributed by atoms with Crippen LogP contribution in [-0.4, -0.2) is 48.8 Å². The SMILES string of the molecule is CCNC(=NCc1ccc(N2CCCC2)nc1)NCC(O)c1ccc(OC(F)F)cc1.I. The molecule has 32 heavy (non-hydrogen) atoms. The third-order valence-electron chi connectivity index (χ3n) is 4.96. The topological polar surface area (TPSA) is 82.0 Å². The van der Waals surface area contributed by atoms with Crippen molar-refractivity contribution in [2.45, 2.75) is 39.0 Å². The zero-order valence-corrected chi connectivity index (χ0v) is 20.3. The molecule has 1 atom stereocenters. The van der Waals surface area contributed by atoms with E-state index >= 15 is 0 Å².